The summed E-state index contributed by atoms with van der Waals surface area (Å²) in [6.45, 7) is 7.69. The second-order valence-electron chi connectivity index (χ2n) is 6.20. The molecule has 1 aromatic carbocycles. The van der Waals surface area contributed by atoms with Gasteiger partial charge in [-0.2, -0.15) is 0 Å². The van der Waals surface area contributed by atoms with Gasteiger partial charge in [-0.05, 0) is 36.5 Å². The summed E-state index contributed by atoms with van der Waals surface area (Å²) in [6.07, 6.45) is 0.455. The number of ether oxygens (including phenoxy) is 2. The summed E-state index contributed by atoms with van der Waals surface area (Å²) in [5, 5.41) is 9.34. The Bertz CT molecular complexity index is 499. The van der Waals surface area contributed by atoms with Crippen LogP contribution in [0.4, 0.5) is 0 Å². The van der Waals surface area contributed by atoms with Crippen LogP contribution in [0.1, 0.15) is 33.3 Å². The molecule has 0 aliphatic rings. The number of carboxylic acid groups (broad SMARTS) is 1. The molecule has 22 heavy (non-hydrogen) atoms. The number of carboxylic acids is 1. The van der Waals surface area contributed by atoms with Crippen molar-refractivity contribution in [3.05, 3.63) is 29.8 Å². The van der Waals surface area contributed by atoms with Crippen LogP contribution >= 0.6 is 0 Å². The van der Waals surface area contributed by atoms with Crippen LogP contribution in [-0.2, 0) is 20.7 Å². The third-order valence-corrected chi connectivity index (χ3v) is 3.37. The molecule has 0 spiro atoms. The van der Waals surface area contributed by atoms with E-state index in [9.17, 15) is 14.7 Å². The second-order valence-corrected chi connectivity index (χ2v) is 6.20. The molecule has 1 unspecified atom stereocenters. The lowest BCUT2D eigenvalue weighted by atomic mass is 9.77. The van der Waals surface area contributed by atoms with Gasteiger partial charge < -0.3 is 14.6 Å². The van der Waals surface area contributed by atoms with E-state index >= 15 is 0 Å². The minimum atomic E-state index is -0.796. The van der Waals surface area contributed by atoms with E-state index in [0.29, 0.717) is 18.8 Å². The van der Waals surface area contributed by atoms with Crippen molar-refractivity contribution >= 4 is 11.9 Å². The van der Waals surface area contributed by atoms with Gasteiger partial charge in [0.15, 0.2) is 6.61 Å². The fraction of sp³-hybridized carbons (Fsp3) is 0.529. The van der Waals surface area contributed by atoms with Gasteiger partial charge in [0.1, 0.15) is 5.75 Å². The lowest BCUT2D eigenvalue weighted by Gasteiger charge is -2.27. The molecule has 5 heteroatoms. The third-order valence-electron chi connectivity index (χ3n) is 3.37. The van der Waals surface area contributed by atoms with Crippen LogP contribution in [0.5, 0.6) is 5.75 Å². The zero-order valence-corrected chi connectivity index (χ0v) is 13.6. The first-order chi connectivity index (χ1) is 10.2. The summed E-state index contributed by atoms with van der Waals surface area (Å²) in [4.78, 5) is 22.6. The highest BCUT2D eigenvalue weighted by Crippen LogP contribution is 2.29. The molecule has 0 bridgehead atoms. The summed E-state index contributed by atoms with van der Waals surface area (Å²) < 4.78 is 10.1. The Labute approximate surface area is 131 Å². The molecule has 1 atom stereocenters. The molecule has 0 fully saturated rings. The molecule has 0 radical (unpaired) electrons. The fourth-order valence-corrected chi connectivity index (χ4v) is 2.07. The first kappa shape index (κ1) is 18.0. The summed E-state index contributed by atoms with van der Waals surface area (Å²) in [5.74, 6) is -1.11. The lowest BCUT2D eigenvalue weighted by molar-refractivity contribution is -0.146. The molecule has 122 valence electrons. The van der Waals surface area contributed by atoms with Gasteiger partial charge in [-0.3, -0.25) is 4.79 Å². The Morgan fingerprint density at radius 2 is 1.77 bits per heavy atom. The van der Waals surface area contributed by atoms with Crippen LogP contribution in [0.15, 0.2) is 24.3 Å². The molecule has 0 saturated carbocycles. The van der Waals surface area contributed by atoms with Crippen LogP contribution < -0.4 is 4.74 Å². The minimum Gasteiger partial charge on any atom is -0.482 e. The van der Waals surface area contributed by atoms with Gasteiger partial charge in [-0.1, -0.05) is 32.9 Å². The van der Waals surface area contributed by atoms with Crippen LogP contribution in [0.25, 0.3) is 0 Å². The molecular formula is C17H24O5. The van der Waals surface area contributed by atoms with Gasteiger partial charge in [0.25, 0.3) is 0 Å². The third kappa shape index (κ3) is 5.76. The molecule has 5 nitrogen and oxygen atoms in total. The Hall–Kier alpha value is -2.04. The second kappa shape index (κ2) is 7.82. The highest BCUT2D eigenvalue weighted by atomic mass is 16.6. The van der Waals surface area contributed by atoms with Gasteiger partial charge in [0.05, 0.1) is 12.5 Å². The molecule has 1 rings (SSSR count). The molecule has 1 aromatic rings. The maximum Gasteiger partial charge on any atom is 0.344 e. The highest BCUT2D eigenvalue weighted by molar-refractivity contribution is 5.71. The number of carbonyl (C=O) groups excluding carboxylic acids is 1. The number of benzene rings is 1. The average molecular weight is 308 g/mol. The normalized spacial score (nSPS) is 12.5. The molecule has 0 saturated heterocycles. The molecular weight excluding hydrogens is 284 g/mol. The van der Waals surface area contributed by atoms with Crippen molar-refractivity contribution in [3.8, 4) is 5.75 Å². The predicted octanol–water partition coefficient (Wildman–Crippen LogP) is 2.92. The van der Waals surface area contributed by atoms with Crippen LogP contribution in [-0.4, -0.2) is 30.3 Å². The standard InChI is InChI=1S/C17H24O5/c1-5-21-15(18)11-22-13-8-6-12(7-9-13)10-14(16(19)20)17(2,3)4/h6-9,14H,5,10-11H2,1-4H3,(H,19,20). The summed E-state index contributed by atoms with van der Waals surface area (Å²) >= 11 is 0. The molecule has 0 aromatic heterocycles. The zero-order chi connectivity index (χ0) is 16.8. The minimum absolute atomic E-state index is 0.132. The van der Waals surface area contributed by atoms with Gasteiger partial charge >= 0.3 is 11.9 Å². The van der Waals surface area contributed by atoms with Gasteiger partial charge in [-0.15, -0.1) is 0 Å². The van der Waals surface area contributed by atoms with Crippen molar-refractivity contribution in [3.63, 3.8) is 0 Å². The van der Waals surface area contributed by atoms with E-state index in [2.05, 4.69) is 0 Å². The first-order valence-electron chi connectivity index (χ1n) is 7.34. The van der Waals surface area contributed by atoms with E-state index in [1.54, 1.807) is 19.1 Å². The topological polar surface area (TPSA) is 72.8 Å². The predicted molar refractivity (Wildman–Crippen MR) is 82.9 cm³/mol. The Morgan fingerprint density at radius 1 is 1.18 bits per heavy atom. The van der Waals surface area contributed by atoms with Crippen LogP contribution in [0.2, 0.25) is 0 Å². The molecule has 0 amide bonds. The highest BCUT2D eigenvalue weighted by Gasteiger charge is 2.31. The van der Waals surface area contributed by atoms with Crippen molar-refractivity contribution in [2.45, 2.75) is 34.1 Å². The van der Waals surface area contributed by atoms with Crippen LogP contribution in [0.3, 0.4) is 0 Å². The Balaban J connectivity index is 2.64. The number of esters is 1. The van der Waals surface area contributed by atoms with Gasteiger partial charge in [0.2, 0.25) is 0 Å². The maximum absolute atomic E-state index is 11.4. The average Bonchev–Trinajstić information content (AvgIpc) is 2.42. The summed E-state index contributed by atoms with van der Waals surface area (Å²) in [7, 11) is 0. The van der Waals surface area contributed by atoms with E-state index in [1.165, 1.54) is 0 Å². The number of hydrogen-bond donors (Lipinski definition) is 1. The molecule has 0 aliphatic carbocycles. The van der Waals surface area contributed by atoms with E-state index in [0.717, 1.165) is 5.56 Å². The van der Waals surface area contributed by atoms with Crippen molar-refractivity contribution in [1.29, 1.82) is 0 Å². The van der Waals surface area contributed by atoms with E-state index in [4.69, 9.17) is 9.47 Å². The van der Waals surface area contributed by atoms with Crippen molar-refractivity contribution in [2.24, 2.45) is 11.3 Å². The SMILES string of the molecule is CCOC(=O)COc1ccc(CC(C(=O)O)C(C)(C)C)cc1. The van der Waals surface area contributed by atoms with E-state index in [1.807, 2.05) is 32.9 Å². The Kier molecular flexibility index (Phi) is 6.40. The van der Waals surface area contributed by atoms with Crippen molar-refractivity contribution in [2.75, 3.05) is 13.2 Å². The quantitative estimate of drug-likeness (QED) is 0.784. The number of rotatable bonds is 7. The zero-order valence-electron chi connectivity index (χ0n) is 13.6. The van der Waals surface area contributed by atoms with Crippen molar-refractivity contribution < 1.29 is 24.2 Å². The van der Waals surface area contributed by atoms with E-state index < -0.39 is 17.9 Å². The monoisotopic (exact) mass is 308 g/mol. The molecule has 1 N–H and O–H groups in total. The van der Waals surface area contributed by atoms with Gasteiger partial charge in [-0.25, -0.2) is 4.79 Å². The first-order valence-corrected chi connectivity index (χ1v) is 7.34. The number of hydrogen-bond acceptors (Lipinski definition) is 4. The van der Waals surface area contributed by atoms with Crippen LogP contribution in [0, 0.1) is 11.3 Å². The van der Waals surface area contributed by atoms with Gasteiger partial charge in [0, 0.05) is 0 Å². The fourth-order valence-electron chi connectivity index (χ4n) is 2.07. The van der Waals surface area contributed by atoms with E-state index in [-0.39, 0.29) is 12.0 Å². The lowest BCUT2D eigenvalue weighted by Crippen LogP contribution is -2.30. The number of aliphatic carboxylic acids is 1. The number of carbonyl (C=O) groups is 2. The molecule has 0 heterocycles. The summed E-state index contributed by atoms with van der Waals surface area (Å²) in [5.41, 5.74) is 0.607. The maximum atomic E-state index is 11.4. The molecule has 0 aliphatic heterocycles. The Morgan fingerprint density at radius 3 is 2.23 bits per heavy atom. The van der Waals surface area contributed by atoms with Crippen molar-refractivity contribution in [1.82, 2.24) is 0 Å². The largest absolute Gasteiger partial charge is 0.482 e. The summed E-state index contributed by atoms with van der Waals surface area (Å²) in [6, 6.07) is 7.11. The smallest absolute Gasteiger partial charge is 0.344 e.